The Morgan fingerprint density at radius 3 is 2.74 bits per heavy atom. The number of carbonyl (C=O) groups excluding carboxylic acids is 1. The maximum atomic E-state index is 13.4. The number of likely N-dealkylation sites (tertiary alicyclic amines) is 1. The van der Waals surface area contributed by atoms with Gasteiger partial charge in [-0.25, -0.2) is 8.78 Å². The maximum Gasteiger partial charge on any atom is 0.308 e. The molecule has 0 radical (unpaired) electrons. The third kappa shape index (κ3) is 4.18. The molecule has 23 heavy (non-hydrogen) atoms. The van der Waals surface area contributed by atoms with Gasteiger partial charge in [-0.15, -0.1) is 0 Å². The smallest absolute Gasteiger partial charge is 0.308 e. The fourth-order valence-electron chi connectivity index (χ4n) is 2.76. The highest BCUT2D eigenvalue weighted by atomic mass is 19.1. The van der Waals surface area contributed by atoms with Crippen molar-refractivity contribution in [3.63, 3.8) is 0 Å². The molecular weight excluding hydrogens is 308 g/mol. The Morgan fingerprint density at radius 1 is 1.39 bits per heavy atom. The summed E-state index contributed by atoms with van der Waals surface area (Å²) in [4.78, 5) is 24.7. The lowest BCUT2D eigenvalue weighted by molar-refractivity contribution is -0.143. The number of ether oxygens (including phenoxy) is 1. The van der Waals surface area contributed by atoms with Crippen LogP contribution in [0.15, 0.2) is 18.2 Å². The molecule has 0 saturated carbocycles. The van der Waals surface area contributed by atoms with Gasteiger partial charge in [-0.1, -0.05) is 0 Å². The SMILES string of the molecule is CC1C(C(=O)O)CCN1C(=O)CCCOc1ccc(F)cc1F. The van der Waals surface area contributed by atoms with Crippen molar-refractivity contribution in [3.8, 4) is 5.75 Å². The van der Waals surface area contributed by atoms with E-state index < -0.39 is 23.5 Å². The number of hydrogen-bond acceptors (Lipinski definition) is 3. The second-order valence-corrected chi connectivity index (χ2v) is 5.59. The van der Waals surface area contributed by atoms with Crippen LogP contribution in [0.2, 0.25) is 0 Å². The largest absolute Gasteiger partial charge is 0.491 e. The minimum Gasteiger partial charge on any atom is -0.491 e. The number of carboxylic acids is 1. The lowest BCUT2D eigenvalue weighted by Crippen LogP contribution is -2.37. The number of carbonyl (C=O) groups is 2. The average molecular weight is 327 g/mol. The Balaban J connectivity index is 1.76. The Hall–Kier alpha value is -2.18. The van der Waals surface area contributed by atoms with Gasteiger partial charge in [-0.3, -0.25) is 9.59 Å². The predicted molar refractivity (Wildman–Crippen MR) is 78.0 cm³/mol. The molecule has 1 saturated heterocycles. The molecule has 2 rings (SSSR count). The number of halogens is 2. The second-order valence-electron chi connectivity index (χ2n) is 5.59. The van der Waals surface area contributed by atoms with E-state index in [9.17, 15) is 18.4 Å². The van der Waals surface area contributed by atoms with Gasteiger partial charge in [-0.2, -0.15) is 0 Å². The summed E-state index contributed by atoms with van der Waals surface area (Å²) < 4.78 is 31.3. The van der Waals surface area contributed by atoms with Crippen molar-refractivity contribution < 1.29 is 28.2 Å². The van der Waals surface area contributed by atoms with Gasteiger partial charge in [0.2, 0.25) is 5.91 Å². The first-order valence-electron chi connectivity index (χ1n) is 7.50. The van der Waals surface area contributed by atoms with Gasteiger partial charge in [0.15, 0.2) is 11.6 Å². The third-order valence-corrected chi connectivity index (χ3v) is 4.08. The normalized spacial score (nSPS) is 20.6. The molecule has 1 N–H and O–H groups in total. The van der Waals surface area contributed by atoms with Crippen LogP contribution in [0, 0.1) is 17.6 Å². The zero-order valence-corrected chi connectivity index (χ0v) is 12.8. The molecule has 0 spiro atoms. The molecule has 1 aliphatic rings. The number of nitrogens with zero attached hydrogens (tertiary/aromatic N) is 1. The van der Waals surface area contributed by atoms with Crippen molar-refractivity contribution in [3.05, 3.63) is 29.8 Å². The highest BCUT2D eigenvalue weighted by Gasteiger charge is 2.37. The first kappa shape index (κ1) is 17.2. The zero-order chi connectivity index (χ0) is 17.0. The highest BCUT2D eigenvalue weighted by molar-refractivity contribution is 5.79. The first-order valence-corrected chi connectivity index (χ1v) is 7.50. The summed E-state index contributed by atoms with van der Waals surface area (Å²) in [6.07, 6.45) is 1.02. The van der Waals surface area contributed by atoms with Crippen LogP contribution >= 0.6 is 0 Å². The summed E-state index contributed by atoms with van der Waals surface area (Å²) in [6.45, 7) is 2.29. The maximum absolute atomic E-state index is 13.4. The summed E-state index contributed by atoms with van der Waals surface area (Å²) in [6, 6.07) is 2.71. The van der Waals surface area contributed by atoms with Gasteiger partial charge < -0.3 is 14.7 Å². The quantitative estimate of drug-likeness (QED) is 0.815. The monoisotopic (exact) mass is 327 g/mol. The fourth-order valence-corrected chi connectivity index (χ4v) is 2.76. The van der Waals surface area contributed by atoms with Gasteiger partial charge >= 0.3 is 5.97 Å². The molecule has 2 atom stereocenters. The van der Waals surface area contributed by atoms with E-state index in [1.807, 2.05) is 0 Å². The Labute approximate surface area is 132 Å². The van der Waals surface area contributed by atoms with E-state index in [0.29, 0.717) is 19.4 Å². The van der Waals surface area contributed by atoms with Crippen molar-refractivity contribution in [2.75, 3.05) is 13.2 Å². The molecule has 126 valence electrons. The molecule has 1 heterocycles. The van der Waals surface area contributed by atoms with E-state index in [4.69, 9.17) is 9.84 Å². The summed E-state index contributed by atoms with van der Waals surface area (Å²) in [5.41, 5.74) is 0. The number of rotatable bonds is 6. The van der Waals surface area contributed by atoms with Crippen molar-refractivity contribution in [1.29, 1.82) is 0 Å². The molecule has 7 heteroatoms. The summed E-state index contributed by atoms with van der Waals surface area (Å²) in [5.74, 6) is -3.06. The molecule has 1 aromatic carbocycles. The van der Waals surface area contributed by atoms with Crippen molar-refractivity contribution in [2.45, 2.75) is 32.2 Å². The summed E-state index contributed by atoms with van der Waals surface area (Å²) in [5, 5.41) is 9.05. The molecule has 1 aromatic rings. The average Bonchev–Trinajstić information content (AvgIpc) is 2.87. The lowest BCUT2D eigenvalue weighted by Gasteiger charge is -2.23. The molecule has 1 aliphatic heterocycles. The number of amides is 1. The second kappa shape index (κ2) is 7.39. The van der Waals surface area contributed by atoms with Crippen LogP contribution in [-0.2, 0) is 9.59 Å². The minimum atomic E-state index is -0.886. The standard InChI is InChI=1S/C16H19F2NO4/c1-10-12(16(21)22)6-7-19(10)15(20)3-2-8-23-14-5-4-11(17)9-13(14)18/h4-5,9-10,12H,2-3,6-8H2,1H3,(H,21,22). The topological polar surface area (TPSA) is 66.8 Å². The van der Waals surface area contributed by atoms with Crippen molar-refractivity contribution in [1.82, 2.24) is 4.90 Å². The van der Waals surface area contributed by atoms with E-state index in [0.717, 1.165) is 12.1 Å². The van der Waals surface area contributed by atoms with Crippen LogP contribution in [0.3, 0.4) is 0 Å². The van der Waals surface area contributed by atoms with E-state index >= 15 is 0 Å². The van der Waals surface area contributed by atoms with Crippen LogP contribution < -0.4 is 4.74 Å². The van der Waals surface area contributed by atoms with Crippen LogP contribution in [0.4, 0.5) is 8.78 Å². The van der Waals surface area contributed by atoms with Gasteiger partial charge in [0, 0.05) is 25.1 Å². The highest BCUT2D eigenvalue weighted by Crippen LogP contribution is 2.25. The van der Waals surface area contributed by atoms with E-state index in [1.54, 1.807) is 11.8 Å². The van der Waals surface area contributed by atoms with Crippen LogP contribution in [0.25, 0.3) is 0 Å². The number of hydrogen-bond donors (Lipinski definition) is 1. The molecule has 0 bridgehead atoms. The minimum absolute atomic E-state index is 0.0562. The van der Waals surface area contributed by atoms with Crippen LogP contribution in [0.1, 0.15) is 26.2 Å². The number of carboxylic acid groups (broad SMARTS) is 1. The van der Waals surface area contributed by atoms with E-state index in [2.05, 4.69) is 0 Å². The van der Waals surface area contributed by atoms with Crippen molar-refractivity contribution >= 4 is 11.9 Å². The van der Waals surface area contributed by atoms with Gasteiger partial charge in [0.05, 0.1) is 12.5 Å². The molecule has 5 nitrogen and oxygen atoms in total. The van der Waals surface area contributed by atoms with E-state index in [-0.39, 0.29) is 30.7 Å². The molecule has 1 fully saturated rings. The zero-order valence-electron chi connectivity index (χ0n) is 12.8. The third-order valence-electron chi connectivity index (χ3n) is 4.08. The Bertz CT molecular complexity index is 593. The number of aliphatic carboxylic acids is 1. The molecule has 2 unspecified atom stereocenters. The summed E-state index contributed by atoms with van der Waals surface area (Å²) >= 11 is 0. The fraction of sp³-hybridized carbons (Fsp3) is 0.500. The molecule has 0 aromatic heterocycles. The lowest BCUT2D eigenvalue weighted by atomic mass is 10.0. The van der Waals surface area contributed by atoms with Gasteiger partial charge in [0.1, 0.15) is 5.82 Å². The summed E-state index contributed by atoms with van der Waals surface area (Å²) in [7, 11) is 0. The molecule has 1 amide bonds. The molecular formula is C16H19F2NO4. The Kier molecular flexibility index (Phi) is 5.52. The first-order chi connectivity index (χ1) is 10.9. The predicted octanol–water partition coefficient (Wildman–Crippen LogP) is 2.45. The van der Waals surface area contributed by atoms with Gasteiger partial charge in [-0.05, 0) is 31.9 Å². The van der Waals surface area contributed by atoms with Gasteiger partial charge in [0.25, 0.3) is 0 Å². The van der Waals surface area contributed by atoms with Crippen LogP contribution in [0.5, 0.6) is 5.75 Å². The number of benzene rings is 1. The van der Waals surface area contributed by atoms with Crippen LogP contribution in [-0.4, -0.2) is 41.1 Å². The van der Waals surface area contributed by atoms with Crippen molar-refractivity contribution in [2.24, 2.45) is 5.92 Å². The van der Waals surface area contributed by atoms with E-state index in [1.165, 1.54) is 6.07 Å². The Morgan fingerprint density at radius 2 is 2.13 bits per heavy atom. The molecule has 0 aliphatic carbocycles.